The number of methoxy groups -OCH3 is 1. The lowest BCUT2D eigenvalue weighted by Crippen LogP contribution is -2.14. The second-order valence-electron chi connectivity index (χ2n) is 5.85. The molecular weight excluding hydrogens is 374 g/mol. The van der Waals surface area contributed by atoms with Crippen molar-refractivity contribution in [1.82, 2.24) is 19.7 Å². The normalized spacial score (nSPS) is 10.8. The van der Waals surface area contributed by atoms with Crippen LogP contribution in [0.25, 0.3) is 16.7 Å². The lowest BCUT2D eigenvalue weighted by molar-refractivity contribution is -0.113. The Bertz CT molecular complexity index is 1110. The van der Waals surface area contributed by atoms with E-state index >= 15 is 0 Å². The maximum atomic E-state index is 12.4. The van der Waals surface area contributed by atoms with E-state index in [2.05, 4.69) is 20.4 Å². The first kappa shape index (κ1) is 18.0. The monoisotopic (exact) mass is 391 g/mol. The van der Waals surface area contributed by atoms with Gasteiger partial charge >= 0.3 is 0 Å². The predicted molar refractivity (Wildman–Crippen MR) is 109 cm³/mol. The number of ether oxygens (including phenoxy) is 1. The minimum atomic E-state index is -0.142. The summed E-state index contributed by atoms with van der Waals surface area (Å²) in [6, 6.07) is 17.1. The van der Waals surface area contributed by atoms with E-state index < -0.39 is 0 Å². The van der Waals surface area contributed by atoms with Crippen molar-refractivity contribution in [2.24, 2.45) is 0 Å². The van der Waals surface area contributed by atoms with Crippen molar-refractivity contribution in [1.29, 1.82) is 0 Å². The summed E-state index contributed by atoms with van der Waals surface area (Å²) in [7, 11) is 1.57. The van der Waals surface area contributed by atoms with Gasteiger partial charge in [0, 0.05) is 0 Å². The third kappa shape index (κ3) is 3.67. The topological polar surface area (TPSA) is 81.9 Å². The van der Waals surface area contributed by atoms with Gasteiger partial charge in [-0.05, 0) is 24.3 Å². The van der Waals surface area contributed by atoms with Crippen molar-refractivity contribution in [2.75, 3.05) is 18.2 Å². The number of fused-ring (bicyclic) bond motifs is 1. The molecule has 0 saturated heterocycles. The van der Waals surface area contributed by atoms with Crippen LogP contribution in [-0.2, 0) is 4.79 Å². The van der Waals surface area contributed by atoms with E-state index in [1.165, 1.54) is 18.1 Å². The molecule has 0 fully saturated rings. The number of nitrogens with one attached hydrogen (secondary N) is 1. The Kier molecular flexibility index (Phi) is 5.20. The van der Waals surface area contributed by atoms with Gasteiger partial charge < -0.3 is 10.1 Å². The number of aromatic nitrogens is 4. The minimum Gasteiger partial charge on any atom is -0.495 e. The number of anilines is 1. The number of carbonyl (C=O) groups is 1. The van der Waals surface area contributed by atoms with Gasteiger partial charge in [0.2, 0.25) is 5.91 Å². The highest BCUT2D eigenvalue weighted by Crippen LogP contribution is 2.27. The number of para-hydroxylation sites is 3. The van der Waals surface area contributed by atoms with Crippen molar-refractivity contribution < 1.29 is 9.53 Å². The molecule has 28 heavy (non-hydrogen) atoms. The van der Waals surface area contributed by atoms with E-state index in [1.807, 2.05) is 42.5 Å². The van der Waals surface area contributed by atoms with Crippen LogP contribution in [0.15, 0.2) is 72.1 Å². The Hall–Kier alpha value is -3.39. The highest BCUT2D eigenvalue weighted by Gasteiger charge is 2.13. The molecule has 0 unspecified atom stereocenters. The standard InChI is InChI=1S/C20H17N5O2S/c1-27-17-10-6-5-9-16(17)24-18(26)12-28-20-15-11-23-25(19(15)21-13-22-20)14-7-3-2-4-8-14/h2-11,13H,12H2,1H3,(H,24,26). The van der Waals surface area contributed by atoms with Gasteiger partial charge in [-0.25, -0.2) is 14.6 Å². The van der Waals surface area contributed by atoms with E-state index in [-0.39, 0.29) is 11.7 Å². The molecule has 4 rings (SSSR count). The van der Waals surface area contributed by atoms with Gasteiger partial charge in [0.1, 0.15) is 17.1 Å². The molecule has 0 saturated carbocycles. The highest BCUT2D eigenvalue weighted by molar-refractivity contribution is 8.00. The third-order valence-electron chi connectivity index (χ3n) is 4.05. The van der Waals surface area contributed by atoms with Crippen LogP contribution in [0.4, 0.5) is 5.69 Å². The molecule has 0 bridgehead atoms. The van der Waals surface area contributed by atoms with Gasteiger partial charge in [0.15, 0.2) is 5.65 Å². The Morgan fingerprint density at radius 1 is 1.11 bits per heavy atom. The number of thioether (sulfide) groups is 1. The van der Waals surface area contributed by atoms with E-state index in [0.717, 1.165) is 11.1 Å². The third-order valence-corrected chi connectivity index (χ3v) is 5.06. The minimum absolute atomic E-state index is 0.142. The predicted octanol–water partition coefficient (Wildman–Crippen LogP) is 3.55. The smallest absolute Gasteiger partial charge is 0.234 e. The molecule has 0 aliphatic rings. The zero-order valence-electron chi connectivity index (χ0n) is 15.1. The van der Waals surface area contributed by atoms with Crippen LogP contribution in [0.3, 0.4) is 0 Å². The summed E-state index contributed by atoms with van der Waals surface area (Å²) in [6.07, 6.45) is 3.21. The van der Waals surface area contributed by atoms with Crippen LogP contribution in [-0.4, -0.2) is 38.5 Å². The van der Waals surface area contributed by atoms with Crippen molar-refractivity contribution >= 4 is 34.4 Å². The number of benzene rings is 2. The summed E-state index contributed by atoms with van der Waals surface area (Å²) in [6.45, 7) is 0. The molecule has 0 spiro atoms. The second kappa shape index (κ2) is 8.10. The van der Waals surface area contributed by atoms with Crippen LogP contribution in [0.5, 0.6) is 5.75 Å². The highest BCUT2D eigenvalue weighted by atomic mass is 32.2. The van der Waals surface area contributed by atoms with Gasteiger partial charge in [-0.1, -0.05) is 42.1 Å². The van der Waals surface area contributed by atoms with Crippen molar-refractivity contribution in [3.8, 4) is 11.4 Å². The van der Waals surface area contributed by atoms with Gasteiger partial charge in [-0.2, -0.15) is 5.10 Å². The van der Waals surface area contributed by atoms with Crippen molar-refractivity contribution in [3.63, 3.8) is 0 Å². The Labute approximate surface area is 165 Å². The van der Waals surface area contributed by atoms with Crippen LogP contribution in [0.1, 0.15) is 0 Å². The fraction of sp³-hybridized carbons (Fsp3) is 0.100. The first-order valence-electron chi connectivity index (χ1n) is 8.56. The molecule has 0 radical (unpaired) electrons. The SMILES string of the molecule is COc1ccccc1NC(=O)CSc1ncnc2c1cnn2-c1ccccc1. The zero-order chi connectivity index (χ0) is 19.3. The Balaban J connectivity index is 1.51. The molecule has 0 aliphatic carbocycles. The summed E-state index contributed by atoms with van der Waals surface area (Å²) in [4.78, 5) is 21.0. The van der Waals surface area contributed by atoms with Crippen LogP contribution in [0.2, 0.25) is 0 Å². The van der Waals surface area contributed by atoms with Gasteiger partial charge in [-0.3, -0.25) is 4.79 Å². The molecular formula is C20H17N5O2S. The molecule has 140 valence electrons. The average molecular weight is 391 g/mol. The number of hydrogen-bond acceptors (Lipinski definition) is 6. The van der Waals surface area contributed by atoms with Gasteiger partial charge in [-0.15, -0.1) is 0 Å². The van der Waals surface area contributed by atoms with Gasteiger partial charge in [0.25, 0.3) is 0 Å². The summed E-state index contributed by atoms with van der Waals surface area (Å²) in [5, 5.41) is 8.81. The molecule has 4 aromatic rings. The molecule has 1 amide bonds. The number of nitrogens with zero attached hydrogens (tertiary/aromatic N) is 4. The van der Waals surface area contributed by atoms with Crippen LogP contribution in [0, 0.1) is 0 Å². The summed E-state index contributed by atoms with van der Waals surface area (Å²) in [5.41, 5.74) is 2.26. The Morgan fingerprint density at radius 3 is 2.71 bits per heavy atom. The molecule has 0 aliphatic heterocycles. The number of carbonyl (C=O) groups excluding carboxylic acids is 1. The maximum absolute atomic E-state index is 12.4. The lowest BCUT2D eigenvalue weighted by atomic mass is 10.3. The fourth-order valence-electron chi connectivity index (χ4n) is 2.76. The largest absolute Gasteiger partial charge is 0.495 e. The number of hydrogen-bond donors (Lipinski definition) is 1. The van der Waals surface area contributed by atoms with Gasteiger partial charge in [0.05, 0.1) is 35.8 Å². The molecule has 0 atom stereocenters. The molecule has 2 heterocycles. The second-order valence-corrected chi connectivity index (χ2v) is 6.81. The molecule has 7 nitrogen and oxygen atoms in total. The van der Waals surface area contributed by atoms with E-state index in [9.17, 15) is 4.79 Å². The van der Waals surface area contributed by atoms with Crippen molar-refractivity contribution in [2.45, 2.75) is 5.03 Å². The summed E-state index contributed by atoms with van der Waals surface area (Å²) in [5.74, 6) is 0.687. The van der Waals surface area contributed by atoms with Crippen LogP contribution >= 0.6 is 11.8 Å². The van der Waals surface area contributed by atoms with Crippen LogP contribution < -0.4 is 10.1 Å². The van der Waals surface area contributed by atoms with E-state index in [0.29, 0.717) is 22.1 Å². The van der Waals surface area contributed by atoms with E-state index in [1.54, 1.807) is 30.1 Å². The summed E-state index contributed by atoms with van der Waals surface area (Å²) >= 11 is 1.34. The fourth-order valence-corrected chi connectivity index (χ4v) is 3.53. The molecule has 8 heteroatoms. The first-order valence-corrected chi connectivity index (χ1v) is 9.54. The number of rotatable bonds is 6. The Morgan fingerprint density at radius 2 is 1.89 bits per heavy atom. The van der Waals surface area contributed by atoms with E-state index in [4.69, 9.17) is 4.74 Å². The molecule has 2 aromatic carbocycles. The number of amides is 1. The average Bonchev–Trinajstić information content (AvgIpc) is 3.18. The zero-order valence-corrected chi connectivity index (χ0v) is 15.9. The molecule has 1 N–H and O–H groups in total. The quantitative estimate of drug-likeness (QED) is 0.400. The lowest BCUT2D eigenvalue weighted by Gasteiger charge is -2.09. The first-order chi connectivity index (χ1) is 13.8. The maximum Gasteiger partial charge on any atom is 0.234 e. The molecule has 2 aromatic heterocycles. The summed E-state index contributed by atoms with van der Waals surface area (Å²) < 4.78 is 7.02. The van der Waals surface area contributed by atoms with Crippen molar-refractivity contribution in [3.05, 3.63) is 67.1 Å².